The first-order valence-corrected chi connectivity index (χ1v) is 12.0. The van der Waals surface area contributed by atoms with Gasteiger partial charge in [0.2, 0.25) is 17.7 Å². The van der Waals surface area contributed by atoms with Gasteiger partial charge in [0.25, 0.3) is 0 Å². The summed E-state index contributed by atoms with van der Waals surface area (Å²) in [5.74, 6) is -0.753. The van der Waals surface area contributed by atoms with Gasteiger partial charge in [-0.25, -0.2) is 0 Å². The minimum atomic E-state index is -1.14. The third kappa shape index (κ3) is 6.24. The molecule has 3 N–H and O–H groups in total. The molecule has 2 rings (SSSR count). The maximum atomic E-state index is 13.6. The first kappa shape index (κ1) is 27.5. The first-order chi connectivity index (χ1) is 16.0. The Bertz CT molecular complexity index is 888. The molecule has 0 unspecified atom stereocenters. The Hall–Kier alpha value is -2.71. The van der Waals surface area contributed by atoms with Crippen molar-refractivity contribution in [1.29, 1.82) is 0 Å². The highest BCUT2D eigenvalue weighted by atomic mass is 16.5. The van der Waals surface area contributed by atoms with E-state index in [1.54, 1.807) is 36.8 Å². The van der Waals surface area contributed by atoms with Crippen LogP contribution in [-0.4, -0.2) is 71.4 Å². The van der Waals surface area contributed by atoms with Gasteiger partial charge in [0.15, 0.2) is 0 Å². The van der Waals surface area contributed by atoms with Gasteiger partial charge in [0.05, 0.1) is 24.3 Å². The second kappa shape index (κ2) is 11.6. The van der Waals surface area contributed by atoms with Gasteiger partial charge in [-0.2, -0.15) is 0 Å². The van der Waals surface area contributed by atoms with E-state index in [-0.39, 0.29) is 18.4 Å². The van der Waals surface area contributed by atoms with Gasteiger partial charge in [0.1, 0.15) is 6.04 Å². The van der Waals surface area contributed by atoms with E-state index < -0.39 is 23.0 Å². The predicted octanol–water partition coefficient (Wildman–Crippen LogP) is 2.23. The number of hydrogen-bond acceptors (Lipinski definition) is 5. The smallest absolute Gasteiger partial charge is 0.247 e. The fraction of sp³-hybridized carbons (Fsp3) is 0.577. The molecule has 0 aliphatic carbocycles. The molecule has 188 valence electrons. The number of hydrogen-bond donors (Lipinski definition) is 2. The van der Waals surface area contributed by atoms with Crippen molar-refractivity contribution in [2.75, 3.05) is 26.7 Å². The quantitative estimate of drug-likeness (QED) is 0.485. The second-order valence-electron chi connectivity index (χ2n) is 9.41. The Morgan fingerprint density at radius 3 is 2.32 bits per heavy atom. The fourth-order valence-corrected chi connectivity index (χ4v) is 4.34. The number of amides is 3. The molecule has 1 aromatic carbocycles. The van der Waals surface area contributed by atoms with Gasteiger partial charge in [-0.3, -0.25) is 14.4 Å². The van der Waals surface area contributed by atoms with Crippen LogP contribution in [0.15, 0.2) is 42.0 Å². The third-order valence-electron chi connectivity index (χ3n) is 6.68. The molecule has 0 bridgehead atoms. The zero-order chi connectivity index (χ0) is 25.5. The molecule has 0 saturated heterocycles. The van der Waals surface area contributed by atoms with Crippen molar-refractivity contribution in [3.8, 4) is 0 Å². The molecule has 1 aliphatic heterocycles. The standard InChI is InChI=1S/C26H40N4O4/c1-7-26(8-2)20(15-22(31)29(26)6)16-30(9-3)23(32)21(28-24(33)25(4,5)27)18-34-17-19-13-11-10-12-14-19/h10-15,21H,7-9,16-18,27H2,1-6H3,(H,28,33)/t21-/m1/s1. The minimum absolute atomic E-state index is 0.0105. The van der Waals surface area contributed by atoms with Crippen LogP contribution < -0.4 is 11.1 Å². The van der Waals surface area contributed by atoms with Crippen LogP contribution >= 0.6 is 0 Å². The lowest BCUT2D eigenvalue weighted by Crippen LogP contribution is -2.58. The van der Waals surface area contributed by atoms with E-state index in [4.69, 9.17) is 10.5 Å². The zero-order valence-corrected chi connectivity index (χ0v) is 21.4. The maximum absolute atomic E-state index is 13.6. The molecule has 0 fully saturated rings. The topological polar surface area (TPSA) is 105 Å². The highest BCUT2D eigenvalue weighted by molar-refractivity contribution is 5.94. The summed E-state index contributed by atoms with van der Waals surface area (Å²) in [5.41, 5.74) is 6.29. The van der Waals surface area contributed by atoms with Gasteiger partial charge in [-0.15, -0.1) is 0 Å². The van der Waals surface area contributed by atoms with E-state index >= 15 is 0 Å². The second-order valence-corrected chi connectivity index (χ2v) is 9.41. The maximum Gasteiger partial charge on any atom is 0.247 e. The monoisotopic (exact) mass is 472 g/mol. The molecule has 3 amide bonds. The molecule has 1 aromatic rings. The van der Waals surface area contributed by atoms with Crippen molar-refractivity contribution < 1.29 is 19.1 Å². The number of nitrogens with one attached hydrogen (secondary N) is 1. The number of nitrogens with two attached hydrogens (primary N) is 1. The highest BCUT2D eigenvalue weighted by Gasteiger charge is 2.43. The van der Waals surface area contributed by atoms with E-state index in [2.05, 4.69) is 5.32 Å². The Kier molecular flexibility index (Phi) is 9.41. The van der Waals surface area contributed by atoms with Crippen molar-refractivity contribution in [2.45, 2.75) is 71.2 Å². The van der Waals surface area contributed by atoms with E-state index in [0.29, 0.717) is 19.7 Å². The first-order valence-electron chi connectivity index (χ1n) is 12.0. The Balaban J connectivity index is 2.21. The number of rotatable bonds is 12. The number of likely N-dealkylation sites (N-methyl/N-ethyl adjacent to an activating group) is 2. The van der Waals surface area contributed by atoms with E-state index in [9.17, 15) is 14.4 Å². The molecular weight excluding hydrogens is 432 g/mol. The van der Waals surface area contributed by atoms with Crippen LogP contribution in [0, 0.1) is 0 Å². The lowest BCUT2D eigenvalue weighted by molar-refractivity contribution is -0.139. The number of benzene rings is 1. The van der Waals surface area contributed by atoms with Gasteiger partial charge in [0, 0.05) is 26.2 Å². The third-order valence-corrected chi connectivity index (χ3v) is 6.68. The van der Waals surface area contributed by atoms with Gasteiger partial charge >= 0.3 is 0 Å². The van der Waals surface area contributed by atoms with E-state index in [1.165, 1.54) is 0 Å². The van der Waals surface area contributed by atoms with Crippen LogP contribution in [-0.2, 0) is 25.7 Å². The SMILES string of the molecule is CCN(CC1=CC(=O)N(C)C1(CC)CC)C(=O)[C@@H](COCc1ccccc1)NC(=O)C(C)(C)N. The Morgan fingerprint density at radius 2 is 1.79 bits per heavy atom. The summed E-state index contributed by atoms with van der Waals surface area (Å²) in [6.45, 7) is 10.2. The lowest BCUT2D eigenvalue weighted by Gasteiger charge is -2.39. The van der Waals surface area contributed by atoms with Crippen molar-refractivity contribution >= 4 is 17.7 Å². The van der Waals surface area contributed by atoms with Gasteiger partial charge < -0.3 is 25.6 Å². The summed E-state index contributed by atoms with van der Waals surface area (Å²) in [7, 11) is 1.81. The molecule has 0 radical (unpaired) electrons. The predicted molar refractivity (Wildman–Crippen MR) is 133 cm³/mol. The number of carbonyl (C=O) groups excluding carboxylic acids is 3. The molecule has 0 saturated carbocycles. The average Bonchev–Trinajstić information content (AvgIpc) is 3.05. The molecule has 1 heterocycles. The fourth-order valence-electron chi connectivity index (χ4n) is 4.34. The summed E-state index contributed by atoms with van der Waals surface area (Å²) in [4.78, 5) is 42.1. The van der Waals surface area contributed by atoms with Crippen LogP contribution in [0.3, 0.4) is 0 Å². The van der Waals surface area contributed by atoms with Crippen LogP contribution in [0.4, 0.5) is 0 Å². The molecule has 34 heavy (non-hydrogen) atoms. The summed E-state index contributed by atoms with van der Waals surface area (Å²) >= 11 is 0. The summed E-state index contributed by atoms with van der Waals surface area (Å²) < 4.78 is 5.82. The zero-order valence-electron chi connectivity index (χ0n) is 21.4. The van der Waals surface area contributed by atoms with Crippen LogP contribution in [0.2, 0.25) is 0 Å². The van der Waals surface area contributed by atoms with Crippen molar-refractivity contribution in [3.05, 3.63) is 47.5 Å². The molecule has 8 nitrogen and oxygen atoms in total. The number of nitrogens with zero attached hydrogens (tertiary/aromatic N) is 2. The summed E-state index contributed by atoms with van der Waals surface area (Å²) in [6, 6.07) is 8.73. The number of ether oxygens (including phenoxy) is 1. The van der Waals surface area contributed by atoms with E-state index in [0.717, 1.165) is 24.0 Å². The summed E-state index contributed by atoms with van der Waals surface area (Å²) in [5, 5.41) is 2.77. The Morgan fingerprint density at radius 1 is 1.18 bits per heavy atom. The molecule has 1 aliphatic rings. The van der Waals surface area contributed by atoms with Crippen LogP contribution in [0.1, 0.15) is 53.0 Å². The molecule has 0 spiro atoms. The average molecular weight is 473 g/mol. The van der Waals surface area contributed by atoms with Crippen LogP contribution in [0.5, 0.6) is 0 Å². The lowest BCUT2D eigenvalue weighted by atomic mass is 9.85. The van der Waals surface area contributed by atoms with Crippen molar-refractivity contribution in [1.82, 2.24) is 15.1 Å². The molecule has 1 atom stereocenters. The highest BCUT2D eigenvalue weighted by Crippen LogP contribution is 2.36. The van der Waals surface area contributed by atoms with E-state index in [1.807, 2.05) is 51.1 Å². The van der Waals surface area contributed by atoms with Crippen molar-refractivity contribution in [3.63, 3.8) is 0 Å². The number of carbonyl (C=O) groups is 3. The molecular formula is C26H40N4O4. The van der Waals surface area contributed by atoms with Gasteiger partial charge in [-0.05, 0) is 44.7 Å². The normalized spacial score (nSPS) is 16.3. The summed E-state index contributed by atoms with van der Waals surface area (Å²) in [6.07, 6.45) is 3.15. The van der Waals surface area contributed by atoms with Crippen LogP contribution in [0.25, 0.3) is 0 Å². The molecule has 0 aromatic heterocycles. The Labute approximate surface area is 203 Å². The van der Waals surface area contributed by atoms with Gasteiger partial charge in [-0.1, -0.05) is 44.2 Å². The molecule has 8 heteroatoms. The largest absolute Gasteiger partial charge is 0.374 e. The van der Waals surface area contributed by atoms with Crippen molar-refractivity contribution in [2.24, 2.45) is 5.73 Å². The minimum Gasteiger partial charge on any atom is -0.374 e.